The largest absolute Gasteiger partial charge is 0.480 e. The van der Waals surface area contributed by atoms with Gasteiger partial charge in [-0.2, -0.15) is 0 Å². The van der Waals surface area contributed by atoms with Gasteiger partial charge in [0, 0.05) is 17.2 Å². The third-order valence-electron chi connectivity index (χ3n) is 2.41. The number of carbonyl (C=O) groups excluding carboxylic acids is 1. The summed E-state index contributed by atoms with van der Waals surface area (Å²) in [6.07, 6.45) is 0.154. The number of rotatable bonds is 6. The van der Waals surface area contributed by atoms with Crippen LogP contribution in [-0.2, 0) is 13.8 Å². The molecule has 1 atom stereocenters. The van der Waals surface area contributed by atoms with Crippen molar-refractivity contribution < 1.29 is 17.9 Å². The number of halogens is 2. The van der Waals surface area contributed by atoms with Crippen LogP contribution in [0.1, 0.15) is 20.3 Å². The number of benzene rings is 1. The van der Waals surface area contributed by atoms with E-state index in [0.29, 0.717) is 16.8 Å². The predicted molar refractivity (Wildman–Crippen MR) is 80.6 cm³/mol. The maximum Gasteiger partial charge on any atom is 0.261 e. The molecule has 112 valence electrons. The maximum atomic E-state index is 11.7. The lowest BCUT2D eigenvalue weighted by Crippen LogP contribution is -2.36. The lowest BCUT2D eigenvalue weighted by molar-refractivity contribution is -0.127. The quantitative estimate of drug-likeness (QED) is 0.765. The number of hydrogen-bond donors (Lipinski definition) is 1. The molecule has 0 aliphatic rings. The van der Waals surface area contributed by atoms with Gasteiger partial charge >= 0.3 is 0 Å². The molecule has 0 radical (unpaired) electrons. The zero-order valence-electron chi connectivity index (χ0n) is 11.0. The zero-order valence-corrected chi connectivity index (χ0v) is 14.2. The Morgan fingerprint density at radius 2 is 2.15 bits per heavy atom. The summed E-state index contributed by atoms with van der Waals surface area (Å²) in [5.41, 5.74) is 0. The monoisotopic (exact) mass is 383 g/mol. The van der Waals surface area contributed by atoms with Crippen molar-refractivity contribution >= 4 is 41.6 Å². The third-order valence-corrected chi connectivity index (χ3v) is 4.38. The normalized spacial score (nSPS) is 12.8. The highest BCUT2D eigenvalue weighted by atomic mass is 79.9. The lowest BCUT2D eigenvalue weighted by atomic mass is 10.3. The number of ether oxygens (including phenoxy) is 1. The Balaban J connectivity index is 2.81. The Kier molecular flexibility index (Phi) is 6.29. The Labute approximate surface area is 131 Å². The van der Waals surface area contributed by atoms with Gasteiger partial charge in [-0.15, -0.1) is 0 Å². The van der Waals surface area contributed by atoms with E-state index >= 15 is 0 Å². The van der Waals surface area contributed by atoms with Crippen LogP contribution in [0.3, 0.4) is 0 Å². The van der Waals surface area contributed by atoms with Gasteiger partial charge in [0.1, 0.15) is 5.75 Å². The standard InChI is InChI=1S/C12H15BrClNO4S/c1-3-6-15-12(16)8(2)19-11-5-4-9(7-10(11)13)20(14,17)18/h4-5,7-8H,3,6H2,1-2H3,(H,15,16). The van der Waals surface area contributed by atoms with E-state index in [9.17, 15) is 13.2 Å². The van der Waals surface area contributed by atoms with Crippen molar-refractivity contribution in [3.8, 4) is 5.75 Å². The molecule has 0 saturated carbocycles. The summed E-state index contributed by atoms with van der Waals surface area (Å²) in [4.78, 5) is 11.6. The van der Waals surface area contributed by atoms with Gasteiger partial charge in [0.15, 0.2) is 6.10 Å². The van der Waals surface area contributed by atoms with Crippen molar-refractivity contribution in [1.82, 2.24) is 5.32 Å². The van der Waals surface area contributed by atoms with E-state index in [4.69, 9.17) is 15.4 Å². The first kappa shape index (κ1) is 17.3. The van der Waals surface area contributed by atoms with Crippen LogP contribution in [-0.4, -0.2) is 27.0 Å². The average molecular weight is 385 g/mol. The van der Waals surface area contributed by atoms with E-state index in [0.717, 1.165) is 6.42 Å². The fraction of sp³-hybridized carbons (Fsp3) is 0.417. The predicted octanol–water partition coefficient (Wildman–Crippen LogP) is 2.67. The minimum absolute atomic E-state index is 0.0403. The molecule has 5 nitrogen and oxygen atoms in total. The SMILES string of the molecule is CCCNC(=O)C(C)Oc1ccc(S(=O)(=O)Cl)cc1Br. The average Bonchev–Trinajstić information content (AvgIpc) is 2.36. The van der Waals surface area contributed by atoms with Crippen LogP contribution < -0.4 is 10.1 Å². The summed E-state index contributed by atoms with van der Waals surface area (Å²) in [7, 11) is 1.45. The van der Waals surface area contributed by atoms with Crippen LogP contribution >= 0.6 is 26.6 Å². The van der Waals surface area contributed by atoms with Crippen LogP contribution in [0.2, 0.25) is 0 Å². The highest BCUT2D eigenvalue weighted by Gasteiger charge is 2.17. The third kappa shape index (κ3) is 4.96. The molecular formula is C12H15BrClNO4S. The molecule has 1 aromatic carbocycles. The van der Waals surface area contributed by atoms with Gasteiger partial charge in [-0.3, -0.25) is 4.79 Å². The molecule has 8 heteroatoms. The van der Waals surface area contributed by atoms with Gasteiger partial charge in [-0.05, 0) is 47.5 Å². The molecule has 0 heterocycles. The van der Waals surface area contributed by atoms with Crippen molar-refractivity contribution in [1.29, 1.82) is 0 Å². The first-order valence-corrected chi connectivity index (χ1v) is 9.04. The summed E-state index contributed by atoms with van der Waals surface area (Å²) in [6.45, 7) is 4.15. The number of amides is 1. The molecule has 1 N–H and O–H groups in total. The second kappa shape index (κ2) is 7.28. The smallest absolute Gasteiger partial charge is 0.261 e. The molecule has 1 rings (SSSR count). The molecule has 0 spiro atoms. The van der Waals surface area contributed by atoms with E-state index < -0.39 is 15.2 Å². The van der Waals surface area contributed by atoms with Crippen molar-refractivity contribution in [2.45, 2.75) is 31.3 Å². The van der Waals surface area contributed by atoms with Crippen LogP contribution in [0, 0.1) is 0 Å². The van der Waals surface area contributed by atoms with E-state index in [-0.39, 0.29) is 10.8 Å². The highest BCUT2D eigenvalue weighted by Crippen LogP contribution is 2.29. The van der Waals surface area contributed by atoms with Gasteiger partial charge in [0.2, 0.25) is 0 Å². The molecule has 20 heavy (non-hydrogen) atoms. The summed E-state index contributed by atoms with van der Waals surface area (Å²) in [5.74, 6) is 0.140. The molecule has 0 aromatic heterocycles. The number of hydrogen-bond acceptors (Lipinski definition) is 4. The maximum absolute atomic E-state index is 11.7. The first-order valence-electron chi connectivity index (χ1n) is 5.94. The summed E-state index contributed by atoms with van der Waals surface area (Å²) >= 11 is 3.19. The molecule has 0 aliphatic heterocycles. The minimum Gasteiger partial charge on any atom is -0.480 e. The fourth-order valence-electron chi connectivity index (χ4n) is 1.36. The molecular weight excluding hydrogens is 370 g/mol. The van der Waals surface area contributed by atoms with Gasteiger partial charge in [-0.1, -0.05) is 6.92 Å². The fourth-order valence-corrected chi connectivity index (χ4v) is 2.77. The molecule has 0 saturated heterocycles. The Bertz CT molecular complexity index is 591. The first-order chi connectivity index (χ1) is 9.25. The van der Waals surface area contributed by atoms with Crippen molar-refractivity contribution in [2.75, 3.05) is 6.54 Å². The summed E-state index contributed by atoms with van der Waals surface area (Å²) in [6, 6.07) is 4.09. The second-order valence-corrected chi connectivity index (χ2v) is 7.50. The Morgan fingerprint density at radius 1 is 1.50 bits per heavy atom. The lowest BCUT2D eigenvalue weighted by Gasteiger charge is -2.15. The van der Waals surface area contributed by atoms with Gasteiger partial charge in [0.05, 0.1) is 9.37 Å². The molecule has 0 bridgehead atoms. The Hall–Kier alpha value is -0.790. The summed E-state index contributed by atoms with van der Waals surface area (Å²) in [5, 5.41) is 2.71. The van der Waals surface area contributed by atoms with Gasteiger partial charge in [0.25, 0.3) is 15.0 Å². The Morgan fingerprint density at radius 3 is 2.65 bits per heavy atom. The van der Waals surface area contributed by atoms with Crippen molar-refractivity contribution in [3.63, 3.8) is 0 Å². The molecule has 1 unspecified atom stereocenters. The van der Waals surface area contributed by atoms with Crippen molar-refractivity contribution in [2.24, 2.45) is 0 Å². The molecule has 1 aromatic rings. The van der Waals surface area contributed by atoms with Crippen LogP contribution in [0.4, 0.5) is 0 Å². The van der Waals surface area contributed by atoms with Gasteiger partial charge < -0.3 is 10.1 Å². The highest BCUT2D eigenvalue weighted by molar-refractivity contribution is 9.10. The van der Waals surface area contributed by atoms with Crippen LogP contribution in [0.5, 0.6) is 5.75 Å². The molecule has 0 fully saturated rings. The molecule has 1 amide bonds. The second-order valence-electron chi connectivity index (χ2n) is 4.08. The van der Waals surface area contributed by atoms with E-state index in [1.165, 1.54) is 18.2 Å². The van der Waals surface area contributed by atoms with E-state index in [1.807, 2.05) is 6.92 Å². The van der Waals surface area contributed by atoms with Gasteiger partial charge in [-0.25, -0.2) is 8.42 Å². The van der Waals surface area contributed by atoms with Crippen molar-refractivity contribution in [3.05, 3.63) is 22.7 Å². The zero-order chi connectivity index (χ0) is 15.3. The van der Waals surface area contributed by atoms with Crippen LogP contribution in [0.25, 0.3) is 0 Å². The van der Waals surface area contributed by atoms with E-state index in [2.05, 4.69) is 21.2 Å². The minimum atomic E-state index is -3.79. The molecule has 0 aliphatic carbocycles. The number of carbonyl (C=O) groups is 1. The van der Waals surface area contributed by atoms with Crippen LogP contribution in [0.15, 0.2) is 27.6 Å². The topological polar surface area (TPSA) is 72.5 Å². The van der Waals surface area contributed by atoms with E-state index in [1.54, 1.807) is 6.92 Å². The number of nitrogens with one attached hydrogen (secondary N) is 1. The summed E-state index contributed by atoms with van der Waals surface area (Å²) < 4.78 is 28.3.